The maximum atomic E-state index is 13.6. The summed E-state index contributed by atoms with van der Waals surface area (Å²) in [6.45, 7) is 2.18. The number of hydrogen-bond donors (Lipinski definition) is 1. The molecule has 2 N–H and O–H groups in total. The number of nitrogens with two attached hydrogens (primary N) is 1. The topological polar surface area (TPSA) is 43.8 Å². The van der Waals surface area contributed by atoms with Crippen LogP contribution >= 0.6 is 0 Å². The summed E-state index contributed by atoms with van der Waals surface area (Å²) in [5.41, 5.74) is 8.38. The molecule has 0 amide bonds. The van der Waals surface area contributed by atoms with E-state index in [1.54, 1.807) is 12.1 Å². The van der Waals surface area contributed by atoms with E-state index >= 15 is 0 Å². The predicted molar refractivity (Wildman–Crippen MR) is 68.8 cm³/mol. The fraction of sp³-hybridized carbons (Fsp3) is 0.357. The average Bonchev–Trinajstić information content (AvgIpc) is 2.69. The molecule has 0 spiro atoms. The summed E-state index contributed by atoms with van der Waals surface area (Å²) in [6.07, 6.45) is -0.629. The molecule has 0 saturated carbocycles. The summed E-state index contributed by atoms with van der Waals surface area (Å²) < 4.78 is 28.4. The number of halogens is 2. The third-order valence-electron chi connectivity index (χ3n) is 3.59. The van der Waals surface area contributed by atoms with Gasteiger partial charge in [0.25, 0.3) is 0 Å². The van der Waals surface area contributed by atoms with Gasteiger partial charge in [0, 0.05) is 17.7 Å². The molecular formula is C14H15F2N3. The van der Waals surface area contributed by atoms with Crippen molar-refractivity contribution in [2.45, 2.75) is 32.1 Å². The zero-order chi connectivity index (χ0) is 13.6. The van der Waals surface area contributed by atoms with E-state index in [0.29, 0.717) is 18.8 Å². The van der Waals surface area contributed by atoms with Gasteiger partial charge in [0.1, 0.15) is 17.8 Å². The maximum absolute atomic E-state index is 13.6. The first-order valence-electron chi connectivity index (χ1n) is 6.29. The number of rotatable bonds is 1. The van der Waals surface area contributed by atoms with Crippen LogP contribution in [0.25, 0.3) is 11.3 Å². The van der Waals surface area contributed by atoms with Gasteiger partial charge >= 0.3 is 0 Å². The minimum absolute atomic E-state index is 0.286. The Balaban J connectivity index is 2.09. The van der Waals surface area contributed by atoms with Gasteiger partial charge in [0.15, 0.2) is 0 Å². The van der Waals surface area contributed by atoms with Gasteiger partial charge in [-0.15, -0.1) is 0 Å². The molecule has 1 aromatic carbocycles. The molecular weight excluding hydrogens is 248 g/mol. The SMILES string of the molecule is Cc1c(-c2ccc(F)cc2)nc2n1CC(F)CC2N. The second kappa shape index (κ2) is 4.42. The molecule has 5 heteroatoms. The number of imidazole rings is 1. The van der Waals surface area contributed by atoms with Crippen molar-refractivity contribution in [3.63, 3.8) is 0 Å². The normalized spacial score (nSPS) is 22.3. The van der Waals surface area contributed by atoms with Crippen LogP contribution in [-0.2, 0) is 6.54 Å². The number of hydrogen-bond acceptors (Lipinski definition) is 2. The minimum atomic E-state index is -0.934. The van der Waals surface area contributed by atoms with E-state index in [1.807, 2.05) is 11.5 Å². The monoisotopic (exact) mass is 263 g/mol. The summed E-state index contributed by atoms with van der Waals surface area (Å²) in [7, 11) is 0. The Bertz CT molecular complexity index is 604. The molecule has 0 radical (unpaired) electrons. The van der Waals surface area contributed by atoms with Crippen LogP contribution in [0.5, 0.6) is 0 Å². The molecule has 3 nitrogen and oxygen atoms in total. The number of nitrogens with zero attached hydrogens (tertiary/aromatic N) is 2. The largest absolute Gasteiger partial charge is 0.327 e. The van der Waals surface area contributed by atoms with E-state index in [1.165, 1.54) is 12.1 Å². The van der Waals surface area contributed by atoms with E-state index in [9.17, 15) is 8.78 Å². The van der Waals surface area contributed by atoms with Crippen LogP contribution in [0.15, 0.2) is 24.3 Å². The van der Waals surface area contributed by atoms with Crippen molar-refractivity contribution < 1.29 is 8.78 Å². The van der Waals surface area contributed by atoms with Crippen molar-refractivity contribution in [1.82, 2.24) is 9.55 Å². The third kappa shape index (κ3) is 2.04. The standard InChI is InChI=1S/C14H15F2N3/c1-8-13(9-2-4-10(15)5-3-9)18-14-12(17)6-11(16)7-19(8)14/h2-5,11-12H,6-7,17H2,1H3. The molecule has 2 atom stereocenters. The van der Waals surface area contributed by atoms with Gasteiger partial charge in [0.05, 0.1) is 18.3 Å². The maximum Gasteiger partial charge on any atom is 0.126 e. The van der Waals surface area contributed by atoms with Crippen LogP contribution in [0.1, 0.15) is 24.0 Å². The van der Waals surface area contributed by atoms with Crippen molar-refractivity contribution >= 4 is 0 Å². The van der Waals surface area contributed by atoms with Crippen molar-refractivity contribution in [3.05, 3.63) is 41.6 Å². The molecule has 0 bridgehead atoms. The molecule has 0 aliphatic carbocycles. The predicted octanol–water partition coefficient (Wildman–Crippen LogP) is 2.74. The summed E-state index contributed by atoms with van der Waals surface area (Å²) in [5, 5.41) is 0. The molecule has 100 valence electrons. The Morgan fingerprint density at radius 1 is 1.32 bits per heavy atom. The average molecular weight is 263 g/mol. The first kappa shape index (κ1) is 12.3. The number of aromatic nitrogens is 2. The quantitative estimate of drug-likeness (QED) is 0.859. The highest BCUT2D eigenvalue weighted by atomic mass is 19.1. The van der Waals surface area contributed by atoms with E-state index in [2.05, 4.69) is 4.98 Å². The first-order chi connectivity index (χ1) is 9.06. The van der Waals surface area contributed by atoms with Crippen LogP contribution in [0.4, 0.5) is 8.78 Å². The molecule has 2 unspecified atom stereocenters. The molecule has 19 heavy (non-hydrogen) atoms. The lowest BCUT2D eigenvalue weighted by Gasteiger charge is -2.23. The Labute approximate surface area is 110 Å². The Kier molecular flexibility index (Phi) is 2.86. The van der Waals surface area contributed by atoms with E-state index in [0.717, 1.165) is 17.0 Å². The number of fused-ring (bicyclic) bond motifs is 1. The molecule has 2 aromatic rings. The van der Waals surface area contributed by atoms with Crippen LogP contribution in [0, 0.1) is 12.7 Å². The van der Waals surface area contributed by atoms with Gasteiger partial charge in [-0.2, -0.15) is 0 Å². The van der Waals surface area contributed by atoms with Gasteiger partial charge in [0.2, 0.25) is 0 Å². The highest BCUT2D eigenvalue weighted by Crippen LogP contribution is 2.31. The van der Waals surface area contributed by atoms with Crippen molar-refractivity contribution in [1.29, 1.82) is 0 Å². The van der Waals surface area contributed by atoms with Crippen LogP contribution in [0.3, 0.4) is 0 Å². The zero-order valence-electron chi connectivity index (χ0n) is 10.6. The summed E-state index contributed by atoms with van der Waals surface area (Å²) >= 11 is 0. The summed E-state index contributed by atoms with van der Waals surface area (Å²) in [5.74, 6) is 0.427. The molecule has 0 saturated heterocycles. The highest BCUT2D eigenvalue weighted by molar-refractivity contribution is 5.62. The summed E-state index contributed by atoms with van der Waals surface area (Å²) in [6, 6.07) is 5.76. The van der Waals surface area contributed by atoms with Crippen LogP contribution < -0.4 is 5.73 Å². The Morgan fingerprint density at radius 3 is 2.68 bits per heavy atom. The molecule has 0 fully saturated rings. The van der Waals surface area contributed by atoms with Gasteiger partial charge < -0.3 is 10.3 Å². The van der Waals surface area contributed by atoms with Gasteiger partial charge in [-0.25, -0.2) is 13.8 Å². The highest BCUT2D eigenvalue weighted by Gasteiger charge is 2.28. The lowest BCUT2D eigenvalue weighted by atomic mass is 10.1. The second-order valence-electron chi connectivity index (χ2n) is 4.96. The molecule has 2 heterocycles. The van der Waals surface area contributed by atoms with Crippen molar-refractivity contribution in [3.8, 4) is 11.3 Å². The third-order valence-corrected chi connectivity index (χ3v) is 3.59. The van der Waals surface area contributed by atoms with Crippen LogP contribution in [-0.4, -0.2) is 15.7 Å². The number of benzene rings is 1. The Hall–Kier alpha value is -1.75. The van der Waals surface area contributed by atoms with Crippen molar-refractivity contribution in [2.75, 3.05) is 0 Å². The van der Waals surface area contributed by atoms with E-state index in [4.69, 9.17) is 5.73 Å². The van der Waals surface area contributed by atoms with Crippen molar-refractivity contribution in [2.24, 2.45) is 5.73 Å². The lowest BCUT2D eigenvalue weighted by molar-refractivity contribution is 0.229. The second-order valence-corrected chi connectivity index (χ2v) is 4.96. The fourth-order valence-corrected chi connectivity index (χ4v) is 2.60. The van der Waals surface area contributed by atoms with Gasteiger partial charge in [-0.05, 0) is 31.2 Å². The van der Waals surface area contributed by atoms with Gasteiger partial charge in [-0.3, -0.25) is 0 Å². The molecule has 1 aliphatic heterocycles. The minimum Gasteiger partial charge on any atom is -0.327 e. The van der Waals surface area contributed by atoms with E-state index < -0.39 is 6.17 Å². The first-order valence-corrected chi connectivity index (χ1v) is 6.29. The molecule has 3 rings (SSSR count). The smallest absolute Gasteiger partial charge is 0.126 e. The Morgan fingerprint density at radius 2 is 2.00 bits per heavy atom. The fourth-order valence-electron chi connectivity index (χ4n) is 2.60. The molecule has 1 aliphatic rings. The molecule has 1 aromatic heterocycles. The lowest BCUT2D eigenvalue weighted by Crippen LogP contribution is -2.30. The van der Waals surface area contributed by atoms with Gasteiger partial charge in [-0.1, -0.05) is 0 Å². The zero-order valence-corrected chi connectivity index (χ0v) is 10.6. The summed E-state index contributed by atoms with van der Waals surface area (Å²) in [4.78, 5) is 4.51. The van der Waals surface area contributed by atoms with Crippen LogP contribution in [0.2, 0.25) is 0 Å². The van der Waals surface area contributed by atoms with E-state index in [-0.39, 0.29) is 11.9 Å². The number of alkyl halides is 1.